The van der Waals surface area contributed by atoms with Gasteiger partial charge in [0.2, 0.25) is 0 Å². The number of halogens is 1. The monoisotopic (exact) mass is 205 g/mol. The lowest BCUT2D eigenvalue weighted by Gasteiger charge is -2.20. The molecule has 13 heavy (non-hydrogen) atoms. The van der Waals surface area contributed by atoms with Crippen LogP contribution in [-0.4, -0.2) is 23.1 Å². The van der Waals surface area contributed by atoms with Gasteiger partial charge in [0.15, 0.2) is 0 Å². The fraction of sp³-hybridized carbons (Fsp3) is 0.800. The van der Waals surface area contributed by atoms with E-state index in [-0.39, 0.29) is 11.9 Å². The largest absolute Gasteiger partial charge is 0.390 e. The first-order valence-electron chi connectivity index (χ1n) is 4.72. The molecule has 0 spiro atoms. The van der Waals surface area contributed by atoms with E-state index in [1.165, 1.54) is 0 Å². The molecule has 0 aliphatic rings. The highest BCUT2D eigenvalue weighted by Gasteiger charge is 2.16. The highest BCUT2D eigenvalue weighted by molar-refractivity contribution is 6.18. The average molecular weight is 206 g/mol. The van der Waals surface area contributed by atoms with Crippen molar-refractivity contribution in [3.63, 3.8) is 0 Å². The van der Waals surface area contributed by atoms with Crippen LogP contribution in [0.3, 0.4) is 0 Å². The van der Waals surface area contributed by atoms with Gasteiger partial charge in [0.05, 0.1) is 6.10 Å². The quantitative estimate of drug-likeness (QED) is 0.493. The maximum atomic E-state index is 9.32. The highest BCUT2D eigenvalue weighted by atomic mass is 35.5. The Morgan fingerprint density at radius 3 is 2.69 bits per heavy atom. The molecule has 3 atom stereocenters. The molecule has 0 amide bonds. The molecule has 0 aromatic carbocycles. The summed E-state index contributed by atoms with van der Waals surface area (Å²) in [5, 5.41) is 9.32. The lowest BCUT2D eigenvalue weighted by molar-refractivity contribution is 0.153. The van der Waals surface area contributed by atoms with Crippen LogP contribution in [0.2, 0.25) is 0 Å². The third kappa shape index (κ3) is 6.08. The lowest BCUT2D eigenvalue weighted by atomic mass is 9.95. The van der Waals surface area contributed by atoms with E-state index in [0.717, 1.165) is 19.3 Å². The van der Waals surface area contributed by atoms with Gasteiger partial charge < -0.3 is 10.8 Å². The number of aliphatic hydroxyl groups is 1. The van der Waals surface area contributed by atoms with Gasteiger partial charge in [0.1, 0.15) is 0 Å². The zero-order valence-electron chi connectivity index (χ0n) is 8.25. The van der Waals surface area contributed by atoms with Gasteiger partial charge in [-0.15, -0.1) is 18.2 Å². The van der Waals surface area contributed by atoms with Crippen molar-refractivity contribution in [3.8, 4) is 0 Å². The van der Waals surface area contributed by atoms with Crippen molar-refractivity contribution in [2.24, 2.45) is 11.7 Å². The Labute approximate surface area is 85.8 Å². The van der Waals surface area contributed by atoms with Crippen LogP contribution in [0.1, 0.15) is 26.2 Å². The maximum absolute atomic E-state index is 9.32. The molecule has 78 valence electrons. The standard InChI is InChI=1S/C10H20ClNO/c1-3-4-5-8(2)6-9(12)10(13)7-11/h3,8-10,13H,1,4-7,12H2,2H3/t8-,9+,10-/m1/s1. The number of aliphatic hydroxyl groups excluding tert-OH is 1. The summed E-state index contributed by atoms with van der Waals surface area (Å²) >= 11 is 5.49. The van der Waals surface area contributed by atoms with Crippen LogP contribution >= 0.6 is 11.6 Å². The van der Waals surface area contributed by atoms with Gasteiger partial charge >= 0.3 is 0 Å². The molecule has 0 radical (unpaired) electrons. The van der Waals surface area contributed by atoms with Crippen LogP contribution in [0, 0.1) is 5.92 Å². The first-order chi connectivity index (χ1) is 6.11. The zero-order chi connectivity index (χ0) is 10.3. The minimum absolute atomic E-state index is 0.197. The van der Waals surface area contributed by atoms with E-state index >= 15 is 0 Å². The lowest BCUT2D eigenvalue weighted by Crippen LogP contribution is -2.37. The molecule has 3 heteroatoms. The third-order valence-electron chi connectivity index (χ3n) is 2.19. The first-order valence-corrected chi connectivity index (χ1v) is 5.25. The molecule has 0 aliphatic heterocycles. The van der Waals surface area contributed by atoms with Crippen LogP contribution in [0.5, 0.6) is 0 Å². The third-order valence-corrected chi connectivity index (χ3v) is 2.51. The molecule has 3 N–H and O–H groups in total. The summed E-state index contributed by atoms with van der Waals surface area (Å²) in [5.41, 5.74) is 5.74. The average Bonchev–Trinajstić information content (AvgIpc) is 2.13. The van der Waals surface area contributed by atoms with Crippen molar-refractivity contribution >= 4 is 11.6 Å². The molecule has 0 heterocycles. The SMILES string of the molecule is C=CCC[C@@H](C)C[C@H](N)[C@H](O)CCl. The Hall–Kier alpha value is -0.0500. The number of alkyl halides is 1. The van der Waals surface area contributed by atoms with Gasteiger partial charge in [0, 0.05) is 11.9 Å². The van der Waals surface area contributed by atoms with Crippen molar-refractivity contribution in [1.29, 1.82) is 0 Å². The number of allylic oxidation sites excluding steroid dienone is 1. The first kappa shape index (κ1) is 12.9. The van der Waals surface area contributed by atoms with Gasteiger partial charge in [-0.05, 0) is 25.2 Å². The molecule has 0 aliphatic carbocycles. The van der Waals surface area contributed by atoms with E-state index in [1.54, 1.807) is 0 Å². The summed E-state index contributed by atoms with van der Waals surface area (Å²) in [4.78, 5) is 0. The smallest absolute Gasteiger partial charge is 0.0826 e. The Balaban J connectivity index is 3.63. The molecule has 2 nitrogen and oxygen atoms in total. The predicted octanol–water partition coefficient (Wildman–Crippen LogP) is 1.91. The summed E-state index contributed by atoms with van der Waals surface area (Å²) in [6.07, 6.45) is 4.23. The van der Waals surface area contributed by atoms with Gasteiger partial charge in [-0.25, -0.2) is 0 Å². The molecule has 0 bridgehead atoms. The maximum Gasteiger partial charge on any atom is 0.0826 e. The molecule has 0 rings (SSSR count). The minimum Gasteiger partial charge on any atom is -0.390 e. The molecular weight excluding hydrogens is 186 g/mol. The molecule has 0 saturated heterocycles. The van der Waals surface area contributed by atoms with Gasteiger partial charge in [-0.1, -0.05) is 13.0 Å². The summed E-state index contributed by atoms with van der Waals surface area (Å²) in [7, 11) is 0. The van der Waals surface area contributed by atoms with Gasteiger partial charge in [0.25, 0.3) is 0 Å². The molecular formula is C10H20ClNO. The Bertz CT molecular complexity index is 141. The summed E-state index contributed by atoms with van der Waals surface area (Å²) in [6.45, 7) is 5.79. The summed E-state index contributed by atoms with van der Waals surface area (Å²) in [5.74, 6) is 0.737. The van der Waals surface area contributed by atoms with Crippen LogP contribution in [0.25, 0.3) is 0 Å². The molecule has 0 aromatic heterocycles. The Kier molecular flexibility index (Phi) is 7.33. The fourth-order valence-electron chi connectivity index (χ4n) is 1.26. The van der Waals surface area contributed by atoms with Gasteiger partial charge in [-0.3, -0.25) is 0 Å². The Morgan fingerprint density at radius 1 is 1.62 bits per heavy atom. The molecule has 0 fully saturated rings. The van der Waals surface area contributed by atoms with Crippen LogP contribution in [0.15, 0.2) is 12.7 Å². The topological polar surface area (TPSA) is 46.2 Å². The number of hydrogen-bond donors (Lipinski definition) is 2. The van der Waals surface area contributed by atoms with E-state index in [9.17, 15) is 5.11 Å². The Morgan fingerprint density at radius 2 is 2.23 bits per heavy atom. The zero-order valence-corrected chi connectivity index (χ0v) is 9.00. The fourth-order valence-corrected chi connectivity index (χ4v) is 1.49. The minimum atomic E-state index is -0.576. The predicted molar refractivity (Wildman–Crippen MR) is 57.9 cm³/mol. The van der Waals surface area contributed by atoms with Crippen molar-refractivity contribution in [2.45, 2.75) is 38.3 Å². The normalized spacial score (nSPS) is 17.8. The number of nitrogens with two attached hydrogens (primary N) is 1. The van der Waals surface area contributed by atoms with Crippen LogP contribution < -0.4 is 5.73 Å². The van der Waals surface area contributed by atoms with Crippen LogP contribution in [-0.2, 0) is 0 Å². The van der Waals surface area contributed by atoms with E-state index in [1.807, 2.05) is 6.08 Å². The van der Waals surface area contributed by atoms with Crippen molar-refractivity contribution in [1.82, 2.24) is 0 Å². The van der Waals surface area contributed by atoms with Gasteiger partial charge in [-0.2, -0.15) is 0 Å². The van der Waals surface area contributed by atoms with E-state index in [2.05, 4.69) is 13.5 Å². The molecule has 0 saturated carbocycles. The van der Waals surface area contributed by atoms with Crippen molar-refractivity contribution in [2.75, 3.05) is 5.88 Å². The number of rotatable bonds is 7. The van der Waals surface area contributed by atoms with Crippen LogP contribution in [0.4, 0.5) is 0 Å². The van der Waals surface area contributed by atoms with E-state index < -0.39 is 6.10 Å². The second-order valence-corrected chi connectivity index (χ2v) is 3.90. The molecule has 0 unspecified atom stereocenters. The second-order valence-electron chi connectivity index (χ2n) is 3.59. The molecule has 0 aromatic rings. The van der Waals surface area contributed by atoms with E-state index in [4.69, 9.17) is 17.3 Å². The number of hydrogen-bond acceptors (Lipinski definition) is 2. The summed E-state index contributed by atoms with van der Waals surface area (Å²) in [6, 6.07) is -0.197. The summed E-state index contributed by atoms with van der Waals surface area (Å²) < 4.78 is 0. The second kappa shape index (κ2) is 7.36. The highest BCUT2D eigenvalue weighted by Crippen LogP contribution is 2.14. The van der Waals surface area contributed by atoms with Crippen molar-refractivity contribution < 1.29 is 5.11 Å². The van der Waals surface area contributed by atoms with Crippen molar-refractivity contribution in [3.05, 3.63) is 12.7 Å². The van der Waals surface area contributed by atoms with E-state index in [0.29, 0.717) is 5.92 Å².